The van der Waals surface area contributed by atoms with Crippen molar-refractivity contribution in [3.63, 3.8) is 0 Å². The van der Waals surface area contributed by atoms with Gasteiger partial charge in [0.2, 0.25) is 0 Å². The van der Waals surface area contributed by atoms with Crippen molar-refractivity contribution in [1.29, 1.82) is 0 Å². The summed E-state index contributed by atoms with van der Waals surface area (Å²) in [5.41, 5.74) is 1.53. The number of aldehydes is 1. The average molecular weight is 254 g/mol. The van der Waals surface area contributed by atoms with E-state index in [9.17, 15) is 4.79 Å². The van der Waals surface area contributed by atoms with E-state index in [1.807, 2.05) is 13.1 Å². The SMILES string of the molecule is CC1OCCC1N(C)c1cc(Cl)ccc1C=O. The van der Waals surface area contributed by atoms with E-state index in [4.69, 9.17) is 16.3 Å². The summed E-state index contributed by atoms with van der Waals surface area (Å²) >= 11 is 5.99. The fourth-order valence-electron chi connectivity index (χ4n) is 2.33. The molecule has 1 saturated heterocycles. The summed E-state index contributed by atoms with van der Waals surface area (Å²) in [6.07, 6.45) is 2.02. The molecule has 0 amide bonds. The van der Waals surface area contributed by atoms with Crippen LogP contribution in [-0.4, -0.2) is 32.1 Å². The van der Waals surface area contributed by atoms with Gasteiger partial charge in [0, 0.05) is 29.9 Å². The first-order chi connectivity index (χ1) is 8.13. The second-order valence-corrected chi connectivity index (χ2v) is 4.80. The number of ether oxygens (including phenoxy) is 1. The van der Waals surface area contributed by atoms with Gasteiger partial charge < -0.3 is 9.64 Å². The molecule has 1 heterocycles. The molecule has 0 bridgehead atoms. The van der Waals surface area contributed by atoms with Crippen molar-refractivity contribution in [2.45, 2.75) is 25.5 Å². The second-order valence-electron chi connectivity index (χ2n) is 4.36. The van der Waals surface area contributed by atoms with Crippen LogP contribution in [0.5, 0.6) is 0 Å². The Morgan fingerprint density at radius 1 is 1.53 bits per heavy atom. The molecule has 1 aliphatic heterocycles. The van der Waals surface area contributed by atoms with Crippen molar-refractivity contribution < 1.29 is 9.53 Å². The highest BCUT2D eigenvalue weighted by molar-refractivity contribution is 6.31. The van der Waals surface area contributed by atoms with Crippen LogP contribution in [0.2, 0.25) is 5.02 Å². The quantitative estimate of drug-likeness (QED) is 0.776. The van der Waals surface area contributed by atoms with Gasteiger partial charge in [0.05, 0.1) is 12.1 Å². The molecule has 4 heteroatoms. The number of hydrogen-bond donors (Lipinski definition) is 0. The van der Waals surface area contributed by atoms with Crippen LogP contribution in [0, 0.1) is 0 Å². The highest BCUT2D eigenvalue weighted by atomic mass is 35.5. The number of halogens is 1. The largest absolute Gasteiger partial charge is 0.376 e. The molecule has 0 aliphatic carbocycles. The minimum atomic E-state index is 0.179. The Balaban J connectivity index is 2.31. The van der Waals surface area contributed by atoms with E-state index >= 15 is 0 Å². The molecule has 1 fully saturated rings. The zero-order valence-electron chi connectivity index (χ0n) is 10.0. The van der Waals surface area contributed by atoms with E-state index in [1.54, 1.807) is 12.1 Å². The Morgan fingerprint density at radius 2 is 2.29 bits per heavy atom. The van der Waals surface area contributed by atoms with Crippen LogP contribution in [0.15, 0.2) is 18.2 Å². The Morgan fingerprint density at radius 3 is 2.88 bits per heavy atom. The molecule has 2 rings (SSSR count). The molecule has 0 radical (unpaired) electrons. The molecular formula is C13H16ClNO2. The lowest BCUT2D eigenvalue weighted by molar-refractivity contribution is 0.112. The topological polar surface area (TPSA) is 29.5 Å². The molecule has 0 saturated carbocycles. The monoisotopic (exact) mass is 253 g/mol. The van der Waals surface area contributed by atoms with E-state index in [-0.39, 0.29) is 6.10 Å². The summed E-state index contributed by atoms with van der Waals surface area (Å²) in [6.45, 7) is 2.83. The maximum atomic E-state index is 11.0. The maximum absolute atomic E-state index is 11.0. The van der Waals surface area contributed by atoms with E-state index < -0.39 is 0 Å². The van der Waals surface area contributed by atoms with Crippen LogP contribution in [0.25, 0.3) is 0 Å². The highest BCUT2D eigenvalue weighted by Gasteiger charge is 2.29. The summed E-state index contributed by atoms with van der Waals surface area (Å²) in [6, 6.07) is 5.61. The third kappa shape index (κ3) is 2.45. The first-order valence-corrected chi connectivity index (χ1v) is 6.10. The van der Waals surface area contributed by atoms with E-state index in [0.29, 0.717) is 16.6 Å². The summed E-state index contributed by atoms with van der Waals surface area (Å²) in [5, 5.41) is 0.643. The molecule has 2 atom stereocenters. The van der Waals surface area contributed by atoms with Crippen LogP contribution < -0.4 is 4.90 Å². The van der Waals surface area contributed by atoms with Crippen molar-refractivity contribution in [3.05, 3.63) is 28.8 Å². The number of hydrogen-bond acceptors (Lipinski definition) is 3. The number of likely N-dealkylation sites (N-methyl/N-ethyl adjacent to an activating group) is 1. The predicted octanol–water partition coefficient (Wildman–Crippen LogP) is 2.77. The smallest absolute Gasteiger partial charge is 0.152 e. The van der Waals surface area contributed by atoms with E-state index in [1.165, 1.54) is 0 Å². The van der Waals surface area contributed by atoms with Gasteiger partial charge in [0.15, 0.2) is 6.29 Å². The van der Waals surface area contributed by atoms with Gasteiger partial charge in [0.25, 0.3) is 0 Å². The Bertz CT molecular complexity index is 422. The Hall–Kier alpha value is -1.06. The van der Waals surface area contributed by atoms with Gasteiger partial charge in [-0.2, -0.15) is 0 Å². The maximum Gasteiger partial charge on any atom is 0.152 e. The number of carbonyl (C=O) groups is 1. The molecule has 0 aromatic heterocycles. The minimum absolute atomic E-state index is 0.179. The fraction of sp³-hybridized carbons (Fsp3) is 0.462. The normalized spacial score (nSPS) is 23.7. The van der Waals surface area contributed by atoms with Gasteiger partial charge in [-0.1, -0.05) is 11.6 Å². The van der Waals surface area contributed by atoms with Gasteiger partial charge in [-0.15, -0.1) is 0 Å². The number of anilines is 1. The van der Waals surface area contributed by atoms with Crippen LogP contribution in [0.4, 0.5) is 5.69 Å². The van der Waals surface area contributed by atoms with E-state index in [2.05, 4.69) is 11.8 Å². The van der Waals surface area contributed by atoms with Crippen LogP contribution >= 0.6 is 11.6 Å². The lowest BCUT2D eigenvalue weighted by Gasteiger charge is -2.29. The number of benzene rings is 1. The number of carbonyl (C=O) groups excluding carboxylic acids is 1. The number of rotatable bonds is 3. The van der Waals surface area contributed by atoms with Crippen LogP contribution in [0.3, 0.4) is 0 Å². The molecule has 0 N–H and O–H groups in total. The molecule has 1 aromatic carbocycles. The van der Waals surface area contributed by atoms with E-state index in [0.717, 1.165) is 25.0 Å². The summed E-state index contributed by atoms with van der Waals surface area (Å²) in [5.74, 6) is 0. The van der Waals surface area contributed by atoms with Crippen LogP contribution in [-0.2, 0) is 4.74 Å². The molecule has 0 spiro atoms. The third-order valence-electron chi connectivity index (χ3n) is 3.33. The first-order valence-electron chi connectivity index (χ1n) is 5.72. The molecule has 3 nitrogen and oxygen atoms in total. The standard InChI is InChI=1S/C13H16ClNO2/c1-9-12(5-6-17-9)15(2)13-7-11(14)4-3-10(13)8-16/h3-4,7-9,12H,5-6H2,1-2H3. The van der Waals surface area contributed by atoms with Gasteiger partial charge in [-0.05, 0) is 31.5 Å². The molecule has 2 unspecified atom stereocenters. The summed E-state index contributed by atoms with van der Waals surface area (Å²) in [4.78, 5) is 13.1. The molecular weight excluding hydrogens is 238 g/mol. The highest BCUT2D eigenvalue weighted by Crippen LogP contribution is 2.28. The summed E-state index contributed by atoms with van der Waals surface area (Å²) < 4.78 is 5.55. The van der Waals surface area contributed by atoms with Gasteiger partial charge in [-0.3, -0.25) is 4.79 Å². The third-order valence-corrected chi connectivity index (χ3v) is 3.57. The zero-order chi connectivity index (χ0) is 12.4. The van der Waals surface area contributed by atoms with Gasteiger partial charge in [-0.25, -0.2) is 0 Å². The molecule has 92 valence electrons. The van der Waals surface area contributed by atoms with Crippen molar-refractivity contribution in [2.75, 3.05) is 18.6 Å². The fourth-order valence-corrected chi connectivity index (χ4v) is 2.50. The zero-order valence-corrected chi connectivity index (χ0v) is 10.8. The van der Waals surface area contributed by atoms with Crippen molar-refractivity contribution in [1.82, 2.24) is 0 Å². The molecule has 17 heavy (non-hydrogen) atoms. The Labute approximate surface area is 106 Å². The number of nitrogens with zero attached hydrogens (tertiary/aromatic N) is 1. The van der Waals surface area contributed by atoms with Crippen molar-refractivity contribution >= 4 is 23.6 Å². The lowest BCUT2D eigenvalue weighted by atomic mass is 10.1. The molecule has 1 aliphatic rings. The van der Waals surface area contributed by atoms with Gasteiger partial charge >= 0.3 is 0 Å². The van der Waals surface area contributed by atoms with Gasteiger partial charge in [0.1, 0.15) is 0 Å². The lowest BCUT2D eigenvalue weighted by Crippen LogP contribution is -2.37. The summed E-state index contributed by atoms with van der Waals surface area (Å²) in [7, 11) is 1.98. The molecule has 1 aromatic rings. The Kier molecular flexibility index (Phi) is 3.69. The van der Waals surface area contributed by atoms with Crippen LogP contribution in [0.1, 0.15) is 23.7 Å². The predicted molar refractivity (Wildman–Crippen MR) is 69.1 cm³/mol. The average Bonchev–Trinajstić information content (AvgIpc) is 2.74. The van der Waals surface area contributed by atoms with Crippen molar-refractivity contribution in [3.8, 4) is 0 Å². The second kappa shape index (κ2) is 5.07. The van der Waals surface area contributed by atoms with Crippen molar-refractivity contribution in [2.24, 2.45) is 0 Å². The minimum Gasteiger partial charge on any atom is -0.376 e. The first kappa shape index (κ1) is 12.4.